The van der Waals surface area contributed by atoms with Crippen molar-refractivity contribution in [3.63, 3.8) is 0 Å². The van der Waals surface area contributed by atoms with Crippen LogP contribution in [0, 0.1) is 17.8 Å². The van der Waals surface area contributed by atoms with Gasteiger partial charge in [0.25, 0.3) is 0 Å². The lowest BCUT2D eigenvalue weighted by atomic mass is 9.61. The van der Waals surface area contributed by atoms with Crippen molar-refractivity contribution in [1.82, 2.24) is 0 Å². The van der Waals surface area contributed by atoms with Crippen LogP contribution in [0.4, 0.5) is 0 Å². The Kier molecular flexibility index (Phi) is 4.35. The van der Waals surface area contributed by atoms with Gasteiger partial charge in [0.2, 0.25) is 0 Å². The number of nitrogens with zero attached hydrogens (tertiary/aromatic N) is 1. The molecule has 0 amide bonds. The number of fused-ring (bicyclic) bond motifs is 2. The number of allylic oxidation sites excluding steroid dienone is 2. The van der Waals surface area contributed by atoms with Crippen LogP contribution in [0.2, 0.25) is 0 Å². The smallest absolute Gasteiger partial charge is 0.0790 e. The Morgan fingerprint density at radius 2 is 1.90 bits per heavy atom. The van der Waals surface area contributed by atoms with E-state index in [0.717, 1.165) is 24.2 Å². The highest BCUT2D eigenvalue weighted by Crippen LogP contribution is 2.49. The molecule has 3 aliphatic rings. The first-order valence-corrected chi connectivity index (χ1v) is 8.55. The minimum atomic E-state index is 0.229. The van der Waals surface area contributed by atoms with Crippen molar-refractivity contribution in [2.75, 3.05) is 7.11 Å². The fourth-order valence-electron chi connectivity index (χ4n) is 4.91. The summed E-state index contributed by atoms with van der Waals surface area (Å²) in [5.41, 5.74) is 1.48. The van der Waals surface area contributed by atoms with Gasteiger partial charge in [0, 0.05) is 13.3 Å². The molecule has 3 rings (SSSR count). The van der Waals surface area contributed by atoms with Gasteiger partial charge in [-0.1, -0.05) is 32.1 Å². The predicted octanol–water partition coefficient (Wildman–Crippen LogP) is 4.56. The van der Waals surface area contributed by atoms with Crippen LogP contribution in [0.3, 0.4) is 0 Å². The minimum absolute atomic E-state index is 0.229. The van der Waals surface area contributed by atoms with E-state index in [1.165, 1.54) is 37.7 Å². The van der Waals surface area contributed by atoms with Gasteiger partial charge in [-0.15, -0.1) is 0 Å². The first-order valence-electron chi connectivity index (χ1n) is 8.55. The van der Waals surface area contributed by atoms with Crippen LogP contribution in [0.5, 0.6) is 0 Å². The zero-order valence-electron chi connectivity index (χ0n) is 13.7. The summed E-state index contributed by atoms with van der Waals surface area (Å²) in [4.78, 5) is 5.12. The molecule has 2 heteroatoms. The summed E-state index contributed by atoms with van der Waals surface area (Å²) >= 11 is 0. The molecular formula is C19H29NO. The minimum Gasteiger partial charge on any atom is -0.377 e. The van der Waals surface area contributed by atoms with Gasteiger partial charge in [-0.05, 0) is 61.9 Å². The highest BCUT2D eigenvalue weighted by atomic mass is 16.5. The van der Waals surface area contributed by atoms with Crippen molar-refractivity contribution in [1.29, 1.82) is 0 Å². The number of rotatable bonds is 3. The van der Waals surface area contributed by atoms with Crippen LogP contribution >= 0.6 is 0 Å². The molecule has 0 aromatic carbocycles. The van der Waals surface area contributed by atoms with Gasteiger partial charge in [-0.3, -0.25) is 4.99 Å². The summed E-state index contributed by atoms with van der Waals surface area (Å²) in [7, 11) is 1.77. The Morgan fingerprint density at radius 1 is 1.19 bits per heavy atom. The van der Waals surface area contributed by atoms with Gasteiger partial charge in [-0.2, -0.15) is 0 Å². The summed E-state index contributed by atoms with van der Waals surface area (Å²) in [6, 6.07) is 0. The molecule has 0 aromatic heterocycles. The third kappa shape index (κ3) is 3.48. The fourth-order valence-corrected chi connectivity index (χ4v) is 4.91. The van der Waals surface area contributed by atoms with Crippen LogP contribution in [0.25, 0.3) is 0 Å². The molecule has 3 atom stereocenters. The maximum absolute atomic E-state index is 5.35. The molecule has 0 aliphatic heterocycles. The lowest BCUT2D eigenvalue weighted by Crippen LogP contribution is -2.43. The quantitative estimate of drug-likeness (QED) is 0.697. The SMILES string of the molecule is COC1C=CC(/C=N/C23CC(C)CC(CC(C)C2)C3)=CC1. The molecule has 2 fully saturated rings. The molecule has 2 bridgehead atoms. The van der Waals surface area contributed by atoms with Gasteiger partial charge >= 0.3 is 0 Å². The van der Waals surface area contributed by atoms with Gasteiger partial charge in [0.15, 0.2) is 0 Å². The summed E-state index contributed by atoms with van der Waals surface area (Å²) in [5.74, 6) is 2.58. The first kappa shape index (κ1) is 15.0. The average molecular weight is 287 g/mol. The second-order valence-corrected chi connectivity index (χ2v) is 7.72. The molecule has 0 saturated heterocycles. The molecule has 0 aromatic rings. The van der Waals surface area contributed by atoms with Crippen LogP contribution in [-0.4, -0.2) is 25.0 Å². The lowest BCUT2D eigenvalue weighted by Gasteiger charge is -2.47. The summed E-state index contributed by atoms with van der Waals surface area (Å²) in [5, 5.41) is 0. The van der Waals surface area contributed by atoms with Crippen molar-refractivity contribution in [2.24, 2.45) is 22.7 Å². The van der Waals surface area contributed by atoms with E-state index >= 15 is 0 Å². The maximum atomic E-state index is 5.35. The summed E-state index contributed by atoms with van der Waals surface area (Å²) in [6.45, 7) is 4.82. The molecule has 0 heterocycles. The highest BCUT2D eigenvalue weighted by molar-refractivity contribution is 5.83. The van der Waals surface area contributed by atoms with Crippen LogP contribution in [0.15, 0.2) is 28.8 Å². The molecule has 3 unspecified atom stereocenters. The van der Waals surface area contributed by atoms with Crippen molar-refractivity contribution in [3.05, 3.63) is 23.8 Å². The van der Waals surface area contributed by atoms with E-state index in [1.54, 1.807) is 7.11 Å². The second kappa shape index (κ2) is 6.08. The maximum Gasteiger partial charge on any atom is 0.0790 e. The van der Waals surface area contributed by atoms with Crippen LogP contribution < -0.4 is 0 Å². The molecule has 2 nitrogen and oxygen atoms in total. The first-order chi connectivity index (χ1) is 10.1. The number of hydrogen-bond acceptors (Lipinski definition) is 2. The van der Waals surface area contributed by atoms with Crippen LogP contribution in [-0.2, 0) is 4.74 Å². The number of methoxy groups -OCH3 is 1. The van der Waals surface area contributed by atoms with Crippen molar-refractivity contribution < 1.29 is 4.74 Å². The molecule has 0 radical (unpaired) electrons. The topological polar surface area (TPSA) is 21.6 Å². The largest absolute Gasteiger partial charge is 0.377 e. The highest BCUT2D eigenvalue weighted by Gasteiger charge is 2.43. The van der Waals surface area contributed by atoms with Crippen LogP contribution in [0.1, 0.15) is 52.4 Å². The summed E-state index contributed by atoms with van der Waals surface area (Å²) in [6.07, 6.45) is 16.6. The van der Waals surface area contributed by atoms with E-state index in [1.807, 2.05) is 0 Å². The Bertz CT molecular complexity index is 443. The molecule has 0 N–H and O–H groups in total. The van der Waals surface area contributed by atoms with Gasteiger partial charge in [-0.25, -0.2) is 0 Å². The van der Waals surface area contributed by atoms with E-state index in [-0.39, 0.29) is 11.6 Å². The van der Waals surface area contributed by atoms with Crippen molar-refractivity contribution >= 4 is 6.21 Å². The molecule has 3 aliphatic carbocycles. The lowest BCUT2D eigenvalue weighted by molar-refractivity contribution is 0.0858. The Labute approximate surface area is 129 Å². The Hall–Kier alpha value is -0.890. The van der Waals surface area contributed by atoms with Crippen molar-refractivity contribution in [3.8, 4) is 0 Å². The Balaban J connectivity index is 1.71. The van der Waals surface area contributed by atoms with E-state index in [0.29, 0.717) is 0 Å². The fraction of sp³-hybridized carbons (Fsp3) is 0.737. The van der Waals surface area contributed by atoms with Crippen molar-refractivity contribution in [2.45, 2.75) is 64.0 Å². The third-order valence-corrected chi connectivity index (χ3v) is 5.48. The monoisotopic (exact) mass is 287 g/mol. The van der Waals surface area contributed by atoms with Gasteiger partial charge in [0.1, 0.15) is 0 Å². The normalized spacial score (nSPS) is 43.1. The van der Waals surface area contributed by atoms with Gasteiger partial charge in [0.05, 0.1) is 11.6 Å². The van der Waals surface area contributed by atoms with E-state index in [2.05, 4.69) is 38.3 Å². The van der Waals surface area contributed by atoms with Gasteiger partial charge < -0.3 is 4.74 Å². The zero-order valence-corrected chi connectivity index (χ0v) is 13.7. The van der Waals surface area contributed by atoms with E-state index in [9.17, 15) is 0 Å². The number of aliphatic imine (C=N–C) groups is 1. The number of ether oxygens (including phenoxy) is 1. The molecule has 0 spiro atoms. The Morgan fingerprint density at radius 3 is 2.48 bits per heavy atom. The predicted molar refractivity (Wildman–Crippen MR) is 88.8 cm³/mol. The molecule has 116 valence electrons. The standard InChI is InChI=1S/C19H29NO/c1-14-8-17-9-15(2)11-19(10-14,12-17)20-13-16-4-6-18(21-3)7-5-16/h4-6,13-15,17-18H,7-12H2,1-3H3/b20-13+. The molecular weight excluding hydrogens is 258 g/mol. The zero-order chi connectivity index (χ0) is 14.9. The second-order valence-electron chi connectivity index (χ2n) is 7.72. The third-order valence-electron chi connectivity index (χ3n) is 5.48. The van der Waals surface area contributed by atoms with E-state index in [4.69, 9.17) is 9.73 Å². The number of hydrogen-bond donors (Lipinski definition) is 0. The average Bonchev–Trinajstić information content (AvgIpc) is 2.44. The summed E-state index contributed by atoms with van der Waals surface area (Å²) < 4.78 is 5.35. The molecule has 21 heavy (non-hydrogen) atoms. The van der Waals surface area contributed by atoms with E-state index < -0.39 is 0 Å². The molecule has 2 saturated carbocycles.